The highest BCUT2D eigenvalue weighted by atomic mass is 15.2. The van der Waals surface area contributed by atoms with Crippen molar-refractivity contribution < 1.29 is 0 Å². The Bertz CT molecular complexity index is 262. The van der Waals surface area contributed by atoms with Crippen LogP contribution < -0.4 is 10.6 Å². The van der Waals surface area contributed by atoms with E-state index in [-0.39, 0.29) is 0 Å². The third-order valence-corrected chi connectivity index (χ3v) is 2.53. The fourth-order valence-corrected chi connectivity index (χ4v) is 1.86. The number of nitrogens with two attached hydrogens (primary N) is 1. The first-order valence-corrected chi connectivity index (χ1v) is 4.63. The summed E-state index contributed by atoms with van der Waals surface area (Å²) in [5.74, 6) is 0. The average molecular weight is 178 g/mol. The highest BCUT2D eigenvalue weighted by Crippen LogP contribution is 2.22. The van der Waals surface area contributed by atoms with Gasteiger partial charge in [-0.05, 0) is 12.8 Å². The molecule has 2 rings (SSSR count). The predicted molar refractivity (Wildman–Crippen MR) is 51.5 cm³/mol. The lowest BCUT2D eigenvalue weighted by atomic mass is 10.2. The van der Waals surface area contributed by atoms with Crippen LogP contribution >= 0.6 is 0 Å². The van der Waals surface area contributed by atoms with Crippen LogP contribution in [0.5, 0.6) is 0 Å². The summed E-state index contributed by atoms with van der Waals surface area (Å²) in [5.41, 5.74) is 6.77. The zero-order chi connectivity index (χ0) is 9.10. The average Bonchev–Trinajstić information content (AvgIpc) is 2.67. The lowest BCUT2D eigenvalue weighted by Crippen LogP contribution is -2.35. The maximum atomic E-state index is 5.68. The molecule has 0 aromatic carbocycles. The topological polar surface area (TPSA) is 55.0 Å². The van der Waals surface area contributed by atoms with E-state index in [9.17, 15) is 0 Å². The Balaban J connectivity index is 2.16. The van der Waals surface area contributed by atoms with Crippen LogP contribution in [0, 0.1) is 0 Å². The molecule has 0 radical (unpaired) electrons. The molecule has 2 N–H and O–H groups in total. The first-order chi connectivity index (χ1) is 6.42. The van der Waals surface area contributed by atoms with E-state index in [1.54, 1.807) is 6.33 Å². The molecule has 13 heavy (non-hydrogen) atoms. The highest BCUT2D eigenvalue weighted by Gasteiger charge is 2.23. The number of hydrogen-bond donors (Lipinski definition) is 1. The molecule has 1 atom stereocenters. The van der Waals surface area contributed by atoms with Gasteiger partial charge in [0.1, 0.15) is 6.33 Å². The fourth-order valence-electron chi connectivity index (χ4n) is 1.86. The van der Waals surface area contributed by atoms with Gasteiger partial charge < -0.3 is 10.6 Å². The Morgan fingerprint density at radius 1 is 1.46 bits per heavy atom. The summed E-state index contributed by atoms with van der Waals surface area (Å²) in [7, 11) is 0. The van der Waals surface area contributed by atoms with E-state index >= 15 is 0 Å². The Hall–Kier alpha value is -1.16. The molecule has 4 nitrogen and oxygen atoms in total. The Morgan fingerprint density at radius 2 is 2.23 bits per heavy atom. The standard InChI is InChI=1S/C9H14N4/c10-4-8-2-1-3-13(8)9-5-11-7-12-6-9/h5-8H,1-4,10H2. The minimum absolute atomic E-state index is 0.478. The van der Waals surface area contributed by atoms with Crippen LogP contribution in [0.4, 0.5) is 5.69 Å². The van der Waals surface area contributed by atoms with Crippen LogP contribution in [0.1, 0.15) is 12.8 Å². The normalized spacial score (nSPS) is 22.2. The third kappa shape index (κ3) is 1.62. The van der Waals surface area contributed by atoms with Crippen LogP contribution in [-0.4, -0.2) is 29.1 Å². The van der Waals surface area contributed by atoms with Gasteiger partial charge in [0, 0.05) is 19.1 Å². The van der Waals surface area contributed by atoms with E-state index in [1.807, 2.05) is 12.4 Å². The van der Waals surface area contributed by atoms with Crippen LogP contribution in [0.2, 0.25) is 0 Å². The smallest absolute Gasteiger partial charge is 0.115 e. The SMILES string of the molecule is NCC1CCCN1c1cncnc1. The van der Waals surface area contributed by atoms with Crippen molar-refractivity contribution in [3.63, 3.8) is 0 Å². The van der Waals surface area contributed by atoms with Crippen molar-refractivity contribution in [3.8, 4) is 0 Å². The molecule has 0 amide bonds. The van der Waals surface area contributed by atoms with Crippen LogP contribution in [-0.2, 0) is 0 Å². The van der Waals surface area contributed by atoms with Gasteiger partial charge in [-0.2, -0.15) is 0 Å². The molecule has 1 aliphatic rings. The highest BCUT2D eigenvalue weighted by molar-refractivity contribution is 5.44. The van der Waals surface area contributed by atoms with Gasteiger partial charge in [-0.3, -0.25) is 0 Å². The number of anilines is 1. The van der Waals surface area contributed by atoms with Crippen LogP contribution in [0.15, 0.2) is 18.7 Å². The summed E-state index contributed by atoms with van der Waals surface area (Å²) >= 11 is 0. The Labute approximate surface area is 77.8 Å². The predicted octanol–water partition coefficient (Wildman–Crippen LogP) is 0.404. The maximum Gasteiger partial charge on any atom is 0.115 e. The molecule has 1 fully saturated rings. The first kappa shape index (κ1) is 8.44. The molecule has 1 aliphatic heterocycles. The monoisotopic (exact) mass is 178 g/mol. The van der Waals surface area contributed by atoms with E-state index in [4.69, 9.17) is 5.73 Å². The second kappa shape index (κ2) is 3.70. The molecular weight excluding hydrogens is 164 g/mol. The summed E-state index contributed by atoms with van der Waals surface area (Å²) in [4.78, 5) is 10.3. The molecule has 1 saturated heterocycles. The summed E-state index contributed by atoms with van der Waals surface area (Å²) in [5, 5.41) is 0. The molecule has 2 heterocycles. The van der Waals surface area contributed by atoms with Crippen molar-refractivity contribution >= 4 is 5.69 Å². The second-order valence-electron chi connectivity index (χ2n) is 3.32. The molecule has 0 spiro atoms. The van der Waals surface area contributed by atoms with Crippen molar-refractivity contribution in [1.82, 2.24) is 9.97 Å². The molecule has 0 aliphatic carbocycles. The number of nitrogens with zero attached hydrogens (tertiary/aromatic N) is 3. The van der Waals surface area contributed by atoms with E-state index < -0.39 is 0 Å². The van der Waals surface area contributed by atoms with Gasteiger partial charge in [0.2, 0.25) is 0 Å². The van der Waals surface area contributed by atoms with Gasteiger partial charge in [0.05, 0.1) is 18.1 Å². The minimum Gasteiger partial charge on any atom is -0.365 e. The van der Waals surface area contributed by atoms with Crippen molar-refractivity contribution in [2.45, 2.75) is 18.9 Å². The van der Waals surface area contributed by atoms with Gasteiger partial charge in [-0.15, -0.1) is 0 Å². The van der Waals surface area contributed by atoms with Gasteiger partial charge in [-0.1, -0.05) is 0 Å². The van der Waals surface area contributed by atoms with Gasteiger partial charge in [0.25, 0.3) is 0 Å². The van der Waals surface area contributed by atoms with Gasteiger partial charge >= 0.3 is 0 Å². The first-order valence-electron chi connectivity index (χ1n) is 4.63. The van der Waals surface area contributed by atoms with Crippen molar-refractivity contribution in [1.29, 1.82) is 0 Å². The Morgan fingerprint density at radius 3 is 2.92 bits per heavy atom. The van der Waals surface area contributed by atoms with E-state index in [0.29, 0.717) is 6.04 Å². The van der Waals surface area contributed by atoms with Crippen LogP contribution in [0.3, 0.4) is 0 Å². The second-order valence-corrected chi connectivity index (χ2v) is 3.32. The minimum atomic E-state index is 0.478. The molecule has 1 aromatic heterocycles. The number of rotatable bonds is 2. The molecule has 70 valence electrons. The van der Waals surface area contributed by atoms with E-state index in [2.05, 4.69) is 14.9 Å². The molecule has 0 bridgehead atoms. The van der Waals surface area contributed by atoms with Gasteiger partial charge in [0.15, 0.2) is 0 Å². The summed E-state index contributed by atoms with van der Waals surface area (Å²) in [6.07, 6.45) is 7.65. The fraction of sp³-hybridized carbons (Fsp3) is 0.556. The van der Waals surface area contributed by atoms with Crippen molar-refractivity contribution in [2.24, 2.45) is 5.73 Å². The number of hydrogen-bond acceptors (Lipinski definition) is 4. The molecular formula is C9H14N4. The molecule has 4 heteroatoms. The van der Waals surface area contributed by atoms with E-state index in [1.165, 1.54) is 12.8 Å². The maximum absolute atomic E-state index is 5.68. The molecule has 0 saturated carbocycles. The quantitative estimate of drug-likeness (QED) is 0.712. The third-order valence-electron chi connectivity index (χ3n) is 2.53. The molecule has 1 aromatic rings. The largest absolute Gasteiger partial charge is 0.365 e. The zero-order valence-electron chi connectivity index (χ0n) is 7.56. The zero-order valence-corrected chi connectivity index (χ0v) is 7.56. The van der Waals surface area contributed by atoms with Gasteiger partial charge in [-0.25, -0.2) is 9.97 Å². The lowest BCUT2D eigenvalue weighted by Gasteiger charge is -2.24. The Kier molecular flexibility index (Phi) is 2.40. The van der Waals surface area contributed by atoms with Crippen LogP contribution in [0.25, 0.3) is 0 Å². The van der Waals surface area contributed by atoms with E-state index in [0.717, 1.165) is 18.8 Å². The van der Waals surface area contributed by atoms with Crippen molar-refractivity contribution in [3.05, 3.63) is 18.7 Å². The molecule has 1 unspecified atom stereocenters. The summed E-state index contributed by atoms with van der Waals surface area (Å²) < 4.78 is 0. The summed E-state index contributed by atoms with van der Waals surface area (Å²) in [6.45, 7) is 1.80. The lowest BCUT2D eigenvalue weighted by molar-refractivity contribution is 0.675. The summed E-state index contributed by atoms with van der Waals surface area (Å²) in [6, 6.07) is 0.478. The number of aromatic nitrogens is 2. The van der Waals surface area contributed by atoms with Crippen molar-refractivity contribution in [2.75, 3.05) is 18.0 Å².